The maximum absolute atomic E-state index is 11.6. The summed E-state index contributed by atoms with van der Waals surface area (Å²) in [5, 5.41) is 17.3. The summed E-state index contributed by atoms with van der Waals surface area (Å²) in [6.07, 6.45) is 1.63. The Morgan fingerprint density at radius 2 is 2.27 bits per heavy atom. The number of benzene rings is 1. The summed E-state index contributed by atoms with van der Waals surface area (Å²) in [5.41, 5.74) is 3.65. The third-order valence-corrected chi connectivity index (χ3v) is 3.70. The van der Waals surface area contributed by atoms with Crippen LogP contribution in [0.15, 0.2) is 36.5 Å². The first-order valence-electron chi connectivity index (χ1n) is 7.00. The van der Waals surface area contributed by atoms with Crippen LogP contribution < -0.4 is 0 Å². The number of aromatic amines is 2. The molecule has 3 rings (SSSR count). The Kier molecular flexibility index (Phi) is 4.04. The Morgan fingerprint density at radius 3 is 2.95 bits per heavy atom. The zero-order valence-corrected chi connectivity index (χ0v) is 12.2. The molecule has 22 heavy (non-hydrogen) atoms. The van der Waals surface area contributed by atoms with Gasteiger partial charge in [-0.05, 0) is 29.8 Å². The van der Waals surface area contributed by atoms with E-state index in [-0.39, 0.29) is 5.78 Å². The molecule has 3 N–H and O–H groups in total. The lowest BCUT2D eigenvalue weighted by atomic mass is 10.0. The van der Waals surface area contributed by atoms with Crippen molar-refractivity contribution in [1.29, 1.82) is 0 Å². The lowest BCUT2D eigenvalue weighted by Crippen LogP contribution is -2.28. The van der Waals surface area contributed by atoms with Gasteiger partial charge in [0.05, 0.1) is 11.2 Å². The number of carbonyl (C=O) groups is 1. The topological polar surface area (TPSA) is 91.0 Å². The lowest BCUT2D eigenvalue weighted by Gasteiger charge is -2.12. The summed E-state index contributed by atoms with van der Waals surface area (Å²) in [6, 6.07) is 9.72. The summed E-state index contributed by atoms with van der Waals surface area (Å²) in [5.74, 6) is -0.320. The summed E-state index contributed by atoms with van der Waals surface area (Å²) in [6.45, 7) is -0.514. The van der Waals surface area contributed by atoms with Crippen molar-refractivity contribution in [3.63, 3.8) is 0 Å². The Balaban J connectivity index is 1.95. The van der Waals surface area contributed by atoms with Gasteiger partial charge < -0.3 is 14.8 Å². The molecule has 1 aromatic carbocycles. The SMILES string of the molecule is COC(Cc1ccc2[nH]nc(-c3ccc[nH]3)c2c1)C(=O)CO. The fraction of sp³-hybridized carbons (Fsp3) is 0.250. The van der Waals surface area contributed by atoms with Crippen LogP contribution in [-0.2, 0) is 16.0 Å². The summed E-state index contributed by atoms with van der Waals surface area (Å²) in [4.78, 5) is 14.8. The van der Waals surface area contributed by atoms with Gasteiger partial charge in [0.1, 0.15) is 18.4 Å². The van der Waals surface area contributed by atoms with Crippen molar-refractivity contribution >= 4 is 16.7 Å². The normalized spacial score (nSPS) is 12.6. The molecule has 6 heteroatoms. The van der Waals surface area contributed by atoms with E-state index in [2.05, 4.69) is 15.2 Å². The number of methoxy groups -OCH3 is 1. The Labute approximate surface area is 127 Å². The molecule has 0 bridgehead atoms. The minimum atomic E-state index is -0.636. The number of fused-ring (bicyclic) bond motifs is 1. The van der Waals surface area contributed by atoms with Gasteiger partial charge in [-0.15, -0.1) is 0 Å². The largest absolute Gasteiger partial charge is 0.388 e. The van der Waals surface area contributed by atoms with Gasteiger partial charge in [-0.3, -0.25) is 9.89 Å². The number of nitrogens with one attached hydrogen (secondary N) is 2. The second-order valence-electron chi connectivity index (χ2n) is 5.09. The van der Waals surface area contributed by atoms with Crippen molar-refractivity contribution in [2.75, 3.05) is 13.7 Å². The van der Waals surface area contributed by atoms with Crippen molar-refractivity contribution in [2.45, 2.75) is 12.5 Å². The van der Waals surface area contributed by atoms with E-state index < -0.39 is 12.7 Å². The molecule has 3 aromatic rings. The monoisotopic (exact) mass is 299 g/mol. The molecule has 0 saturated carbocycles. The van der Waals surface area contributed by atoms with Crippen molar-refractivity contribution in [3.8, 4) is 11.4 Å². The molecule has 2 aromatic heterocycles. The molecule has 0 radical (unpaired) electrons. The smallest absolute Gasteiger partial charge is 0.187 e. The fourth-order valence-electron chi connectivity index (χ4n) is 2.52. The van der Waals surface area contributed by atoms with Gasteiger partial charge in [0.25, 0.3) is 0 Å². The van der Waals surface area contributed by atoms with Crippen LogP contribution in [0.1, 0.15) is 5.56 Å². The van der Waals surface area contributed by atoms with E-state index in [9.17, 15) is 4.79 Å². The second kappa shape index (κ2) is 6.13. The number of nitrogens with zero attached hydrogens (tertiary/aromatic N) is 1. The quantitative estimate of drug-likeness (QED) is 0.646. The molecule has 1 unspecified atom stereocenters. The minimum absolute atomic E-state index is 0.320. The Bertz CT molecular complexity index is 777. The van der Waals surface area contributed by atoms with Gasteiger partial charge in [0.2, 0.25) is 0 Å². The van der Waals surface area contributed by atoms with Crippen LogP contribution in [0.4, 0.5) is 0 Å². The van der Waals surface area contributed by atoms with Crippen LogP contribution in [0.25, 0.3) is 22.3 Å². The molecular formula is C16H17N3O3. The lowest BCUT2D eigenvalue weighted by molar-refractivity contribution is -0.131. The second-order valence-corrected chi connectivity index (χ2v) is 5.09. The van der Waals surface area contributed by atoms with Crippen LogP contribution in [0.2, 0.25) is 0 Å². The third-order valence-electron chi connectivity index (χ3n) is 3.70. The van der Waals surface area contributed by atoms with Crippen molar-refractivity contribution < 1.29 is 14.6 Å². The summed E-state index contributed by atoms with van der Waals surface area (Å²) >= 11 is 0. The summed E-state index contributed by atoms with van der Waals surface area (Å²) in [7, 11) is 1.47. The highest BCUT2D eigenvalue weighted by Gasteiger charge is 2.18. The number of aliphatic hydroxyl groups excluding tert-OH is 1. The molecule has 0 saturated heterocycles. The highest BCUT2D eigenvalue weighted by atomic mass is 16.5. The van der Waals surface area contributed by atoms with Crippen LogP contribution in [0.3, 0.4) is 0 Å². The van der Waals surface area contributed by atoms with E-state index in [1.54, 1.807) is 0 Å². The van der Waals surface area contributed by atoms with Crippen LogP contribution in [0.5, 0.6) is 0 Å². The molecule has 1 atom stereocenters. The van der Waals surface area contributed by atoms with Crippen LogP contribution in [-0.4, -0.2) is 45.9 Å². The van der Waals surface area contributed by atoms with Crippen LogP contribution >= 0.6 is 0 Å². The zero-order chi connectivity index (χ0) is 15.5. The predicted molar refractivity (Wildman–Crippen MR) is 82.5 cm³/mol. The highest BCUT2D eigenvalue weighted by Crippen LogP contribution is 2.26. The van der Waals surface area contributed by atoms with Gasteiger partial charge >= 0.3 is 0 Å². The molecule has 114 valence electrons. The maximum Gasteiger partial charge on any atom is 0.187 e. The average molecular weight is 299 g/mol. The number of ether oxygens (including phenoxy) is 1. The maximum atomic E-state index is 11.6. The molecular weight excluding hydrogens is 282 g/mol. The first-order chi connectivity index (χ1) is 10.7. The molecule has 2 heterocycles. The third kappa shape index (κ3) is 2.66. The van der Waals surface area contributed by atoms with E-state index in [4.69, 9.17) is 9.84 Å². The molecule has 0 fully saturated rings. The van der Waals surface area contributed by atoms with E-state index >= 15 is 0 Å². The number of carbonyl (C=O) groups excluding carboxylic acids is 1. The number of Topliss-reactive ketones (excluding diaryl/α,β-unsaturated/α-hetero) is 1. The van der Waals surface area contributed by atoms with E-state index in [0.717, 1.165) is 27.9 Å². The van der Waals surface area contributed by atoms with Gasteiger partial charge in [0, 0.05) is 25.1 Å². The zero-order valence-electron chi connectivity index (χ0n) is 12.2. The molecule has 0 aliphatic heterocycles. The van der Waals surface area contributed by atoms with Crippen molar-refractivity contribution in [2.24, 2.45) is 0 Å². The number of hydrogen-bond acceptors (Lipinski definition) is 4. The molecule has 6 nitrogen and oxygen atoms in total. The number of H-pyrrole nitrogens is 2. The Hall–Kier alpha value is -2.44. The highest BCUT2D eigenvalue weighted by molar-refractivity contribution is 5.92. The average Bonchev–Trinajstić information content (AvgIpc) is 3.20. The Morgan fingerprint density at radius 1 is 1.41 bits per heavy atom. The first kappa shape index (κ1) is 14.5. The minimum Gasteiger partial charge on any atom is -0.388 e. The van der Waals surface area contributed by atoms with Gasteiger partial charge in [0.15, 0.2) is 5.78 Å². The van der Waals surface area contributed by atoms with Crippen molar-refractivity contribution in [1.82, 2.24) is 15.2 Å². The summed E-state index contributed by atoms with van der Waals surface area (Å²) < 4.78 is 5.16. The number of aromatic nitrogens is 3. The molecule has 0 amide bonds. The van der Waals surface area contributed by atoms with Gasteiger partial charge in [-0.2, -0.15) is 5.10 Å². The molecule has 0 aliphatic carbocycles. The van der Waals surface area contributed by atoms with Gasteiger partial charge in [-0.1, -0.05) is 6.07 Å². The number of hydrogen-bond donors (Lipinski definition) is 3. The van der Waals surface area contributed by atoms with Crippen LogP contribution in [0, 0.1) is 0 Å². The number of aliphatic hydroxyl groups is 1. The molecule has 0 spiro atoms. The number of ketones is 1. The molecule has 0 aliphatic rings. The van der Waals surface area contributed by atoms with Gasteiger partial charge in [-0.25, -0.2) is 0 Å². The van der Waals surface area contributed by atoms with E-state index in [1.807, 2.05) is 36.5 Å². The standard InChI is InChI=1S/C16H17N3O3/c1-22-15(14(21)9-20)8-10-4-5-12-11(7-10)16(19-18-12)13-3-2-6-17-13/h2-7,15,17,20H,8-9H2,1H3,(H,18,19). The van der Waals surface area contributed by atoms with E-state index in [0.29, 0.717) is 6.42 Å². The fourth-order valence-corrected chi connectivity index (χ4v) is 2.52. The number of rotatable bonds is 6. The van der Waals surface area contributed by atoms with Crippen molar-refractivity contribution in [3.05, 3.63) is 42.1 Å². The van der Waals surface area contributed by atoms with E-state index in [1.165, 1.54) is 7.11 Å². The first-order valence-corrected chi connectivity index (χ1v) is 7.00. The predicted octanol–water partition coefficient (Wildman–Crippen LogP) is 1.68.